The molecular weight excluding hydrogens is 336 g/mol. The number of carbonyl (C=O) groups excluding carboxylic acids is 1. The van der Waals surface area contributed by atoms with Gasteiger partial charge >= 0.3 is 6.09 Å². The Morgan fingerprint density at radius 2 is 1.58 bits per heavy atom. The van der Waals surface area contributed by atoms with Gasteiger partial charge in [-0.3, -0.25) is 0 Å². The van der Waals surface area contributed by atoms with E-state index in [0.717, 1.165) is 44.9 Å². The van der Waals surface area contributed by atoms with Gasteiger partial charge in [-0.2, -0.15) is 0 Å². The molecule has 0 saturated carbocycles. The maximum Gasteiger partial charge on any atom is 0.407 e. The Labute approximate surface area is 157 Å². The molecule has 1 rings (SSSR count). The van der Waals surface area contributed by atoms with Crippen molar-refractivity contribution < 1.29 is 23.7 Å². The van der Waals surface area contributed by atoms with Gasteiger partial charge in [0.1, 0.15) is 6.10 Å². The zero-order valence-corrected chi connectivity index (χ0v) is 16.0. The summed E-state index contributed by atoms with van der Waals surface area (Å²) >= 11 is 0. The summed E-state index contributed by atoms with van der Waals surface area (Å²) in [5.41, 5.74) is 5.37. The molecule has 1 amide bonds. The molecule has 0 aromatic rings. The van der Waals surface area contributed by atoms with Gasteiger partial charge in [0.05, 0.1) is 26.4 Å². The third-order valence-electron chi connectivity index (χ3n) is 3.96. The first kappa shape index (κ1) is 22.9. The summed E-state index contributed by atoms with van der Waals surface area (Å²) < 4.78 is 21.6. The number of amides is 1. The Balaban J connectivity index is 1.83. The van der Waals surface area contributed by atoms with Crippen molar-refractivity contribution in [1.82, 2.24) is 5.32 Å². The predicted molar refractivity (Wildman–Crippen MR) is 101 cm³/mol. The molecular formula is C19H36N2O5. The van der Waals surface area contributed by atoms with Crippen LogP contribution in [0.4, 0.5) is 4.79 Å². The van der Waals surface area contributed by atoms with E-state index < -0.39 is 0 Å². The Hall–Kier alpha value is -1.15. The number of rotatable bonds is 14. The van der Waals surface area contributed by atoms with Crippen LogP contribution in [-0.2, 0) is 18.9 Å². The largest absolute Gasteiger partial charge is 0.446 e. The number of nitrogens with one attached hydrogen (secondary N) is 1. The highest BCUT2D eigenvalue weighted by Gasteiger charge is 2.14. The van der Waals surface area contributed by atoms with Crippen LogP contribution in [-0.4, -0.2) is 64.9 Å². The van der Waals surface area contributed by atoms with Crippen LogP contribution in [0.1, 0.15) is 44.9 Å². The summed E-state index contributed by atoms with van der Waals surface area (Å²) in [6.07, 6.45) is 10.7. The third kappa shape index (κ3) is 14.1. The van der Waals surface area contributed by atoms with Crippen LogP contribution in [0, 0.1) is 0 Å². The summed E-state index contributed by atoms with van der Waals surface area (Å²) in [6, 6.07) is 0. The van der Waals surface area contributed by atoms with Crippen molar-refractivity contribution in [3.05, 3.63) is 12.2 Å². The molecule has 0 aromatic heterocycles. The van der Waals surface area contributed by atoms with Crippen molar-refractivity contribution in [2.45, 2.75) is 51.0 Å². The molecule has 7 nitrogen and oxygen atoms in total. The smallest absolute Gasteiger partial charge is 0.407 e. The first-order valence-corrected chi connectivity index (χ1v) is 9.85. The van der Waals surface area contributed by atoms with Crippen molar-refractivity contribution in [2.75, 3.05) is 52.7 Å². The standard InChI is InChI=1S/C19H36N2O5/c20-10-6-12-23-14-16-25-17-15-24-13-7-11-21-19(22)26-18-8-4-2-1-3-5-9-18/h1-2,18H,3-17,20H2,(H,21,22). The fraction of sp³-hybridized carbons (Fsp3) is 0.842. The molecule has 0 fully saturated rings. The molecule has 0 aliphatic heterocycles. The van der Waals surface area contributed by atoms with E-state index in [-0.39, 0.29) is 12.2 Å². The van der Waals surface area contributed by atoms with Crippen molar-refractivity contribution in [2.24, 2.45) is 5.73 Å². The van der Waals surface area contributed by atoms with Gasteiger partial charge in [-0.05, 0) is 51.5 Å². The van der Waals surface area contributed by atoms with Gasteiger partial charge in [-0.1, -0.05) is 12.2 Å². The molecule has 152 valence electrons. The fourth-order valence-electron chi connectivity index (χ4n) is 2.53. The second kappa shape index (κ2) is 17.3. The number of carbonyl (C=O) groups is 1. The highest BCUT2D eigenvalue weighted by molar-refractivity contribution is 5.67. The first-order valence-electron chi connectivity index (χ1n) is 9.85. The van der Waals surface area contributed by atoms with Gasteiger partial charge in [0, 0.05) is 19.8 Å². The third-order valence-corrected chi connectivity index (χ3v) is 3.96. The summed E-state index contributed by atoms with van der Waals surface area (Å²) in [4.78, 5) is 11.8. The van der Waals surface area contributed by atoms with Crippen molar-refractivity contribution in [1.29, 1.82) is 0 Å². The van der Waals surface area contributed by atoms with Crippen LogP contribution in [0.3, 0.4) is 0 Å². The van der Waals surface area contributed by atoms with Crippen molar-refractivity contribution in [3.63, 3.8) is 0 Å². The van der Waals surface area contributed by atoms with Crippen LogP contribution >= 0.6 is 0 Å². The molecule has 0 heterocycles. The first-order chi connectivity index (χ1) is 12.8. The topological polar surface area (TPSA) is 92.0 Å². The molecule has 7 heteroatoms. The highest BCUT2D eigenvalue weighted by Crippen LogP contribution is 2.15. The zero-order chi connectivity index (χ0) is 18.7. The number of nitrogens with two attached hydrogens (primary N) is 1. The lowest BCUT2D eigenvalue weighted by atomic mass is 10.0. The van der Waals surface area contributed by atoms with E-state index in [9.17, 15) is 4.79 Å². The maximum absolute atomic E-state index is 11.8. The summed E-state index contributed by atoms with van der Waals surface area (Å²) in [5, 5.41) is 2.79. The average Bonchev–Trinajstić information content (AvgIpc) is 2.61. The SMILES string of the molecule is NCCCOCCOCCOCCCNC(=O)OC1CCC=CCCC1. The van der Waals surface area contributed by atoms with Crippen LogP contribution in [0.5, 0.6) is 0 Å². The zero-order valence-electron chi connectivity index (χ0n) is 16.0. The van der Waals surface area contributed by atoms with Crippen LogP contribution in [0.15, 0.2) is 12.2 Å². The van der Waals surface area contributed by atoms with E-state index in [1.54, 1.807) is 0 Å². The summed E-state index contributed by atoms with van der Waals surface area (Å²) in [6.45, 7) is 4.73. The minimum Gasteiger partial charge on any atom is -0.446 e. The molecule has 0 aromatic carbocycles. The Bertz CT molecular complexity index is 366. The molecule has 1 unspecified atom stereocenters. The molecule has 1 atom stereocenters. The number of allylic oxidation sites excluding steroid dienone is 2. The van der Waals surface area contributed by atoms with E-state index >= 15 is 0 Å². The van der Waals surface area contributed by atoms with Crippen molar-refractivity contribution in [3.8, 4) is 0 Å². The normalized spacial score (nSPS) is 17.5. The highest BCUT2D eigenvalue weighted by atomic mass is 16.6. The van der Waals surface area contributed by atoms with E-state index in [1.165, 1.54) is 0 Å². The fourth-order valence-corrected chi connectivity index (χ4v) is 2.53. The van der Waals surface area contributed by atoms with E-state index in [0.29, 0.717) is 52.7 Å². The van der Waals surface area contributed by atoms with Crippen LogP contribution < -0.4 is 11.1 Å². The maximum atomic E-state index is 11.8. The molecule has 1 aliphatic carbocycles. The van der Waals surface area contributed by atoms with Gasteiger partial charge in [0.25, 0.3) is 0 Å². The molecule has 0 spiro atoms. The molecule has 26 heavy (non-hydrogen) atoms. The van der Waals surface area contributed by atoms with Gasteiger partial charge in [-0.15, -0.1) is 0 Å². The predicted octanol–water partition coefficient (Wildman–Crippen LogP) is 2.39. The molecule has 0 radical (unpaired) electrons. The summed E-state index contributed by atoms with van der Waals surface area (Å²) in [5.74, 6) is 0. The second-order valence-corrected chi connectivity index (χ2v) is 6.27. The minimum absolute atomic E-state index is 0.0348. The van der Waals surface area contributed by atoms with Gasteiger partial charge in [0.15, 0.2) is 0 Å². The number of alkyl carbamates (subject to hydrolysis) is 1. The van der Waals surface area contributed by atoms with Crippen molar-refractivity contribution >= 4 is 6.09 Å². The quantitative estimate of drug-likeness (QED) is 0.359. The molecule has 3 N–H and O–H groups in total. The number of ether oxygens (including phenoxy) is 4. The average molecular weight is 373 g/mol. The molecule has 0 saturated heterocycles. The molecule has 1 aliphatic rings. The minimum atomic E-state index is -0.322. The summed E-state index contributed by atoms with van der Waals surface area (Å²) in [7, 11) is 0. The Morgan fingerprint density at radius 1 is 0.923 bits per heavy atom. The van der Waals surface area contributed by atoms with Crippen LogP contribution in [0.25, 0.3) is 0 Å². The Morgan fingerprint density at radius 3 is 2.31 bits per heavy atom. The van der Waals surface area contributed by atoms with Gasteiger partial charge in [-0.25, -0.2) is 4.79 Å². The van der Waals surface area contributed by atoms with E-state index in [1.807, 2.05) is 0 Å². The monoisotopic (exact) mass is 372 g/mol. The van der Waals surface area contributed by atoms with E-state index in [2.05, 4.69) is 17.5 Å². The van der Waals surface area contributed by atoms with Gasteiger partial charge in [0.2, 0.25) is 0 Å². The number of hydrogen-bond acceptors (Lipinski definition) is 6. The Kier molecular flexibility index (Phi) is 15.2. The lowest BCUT2D eigenvalue weighted by molar-refractivity contribution is 0.0140. The molecule has 0 bridgehead atoms. The number of hydrogen-bond donors (Lipinski definition) is 2. The van der Waals surface area contributed by atoms with Gasteiger partial charge < -0.3 is 30.0 Å². The lowest BCUT2D eigenvalue weighted by Gasteiger charge is -2.18. The van der Waals surface area contributed by atoms with Crippen LogP contribution in [0.2, 0.25) is 0 Å². The lowest BCUT2D eigenvalue weighted by Crippen LogP contribution is -2.30. The van der Waals surface area contributed by atoms with E-state index in [4.69, 9.17) is 24.7 Å². The second-order valence-electron chi connectivity index (χ2n) is 6.27.